The van der Waals surface area contributed by atoms with Crippen LogP contribution in [0.5, 0.6) is 5.75 Å². The van der Waals surface area contributed by atoms with Gasteiger partial charge < -0.3 is 10.4 Å². The first kappa shape index (κ1) is 11.5. The third-order valence-electron chi connectivity index (χ3n) is 2.50. The lowest BCUT2D eigenvalue weighted by atomic mass is 10.1. The first-order valence-electron chi connectivity index (χ1n) is 5.23. The number of halogens is 1. The van der Waals surface area contributed by atoms with Crippen molar-refractivity contribution in [1.29, 1.82) is 0 Å². The number of aromatic hydroxyl groups is 1. The molecule has 0 saturated carbocycles. The Balaban J connectivity index is 2.01. The van der Waals surface area contributed by atoms with Crippen molar-refractivity contribution >= 4 is 0 Å². The topological polar surface area (TPSA) is 73.8 Å². The van der Waals surface area contributed by atoms with E-state index >= 15 is 0 Å². The van der Waals surface area contributed by atoms with E-state index in [1.165, 1.54) is 12.4 Å². The molecule has 6 heteroatoms. The number of H-pyrrole nitrogens is 1. The fourth-order valence-electron chi connectivity index (χ4n) is 1.56. The smallest absolute Gasteiger partial charge is 0.138 e. The van der Waals surface area contributed by atoms with Crippen molar-refractivity contribution in [1.82, 2.24) is 20.5 Å². The Hall–Kier alpha value is -1.95. The largest absolute Gasteiger partial charge is 0.508 e. The van der Waals surface area contributed by atoms with Crippen molar-refractivity contribution in [3.8, 4) is 5.75 Å². The molecule has 5 nitrogen and oxygen atoms in total. The second-order valence-electron chi connectivity index (χ2n) is 3.74. The lowest BCUT2D eigenvalue weighted by Gasteiger charge is -2.14. The summed E-state index contributed by atoms with van der Waals surface area (Å²) < 4.78 is 12.8. The lowest BCUT2D eigenvalue weighted by molar-refractivity contribution is 0.445. The van der Waals surface area contributed by atoms with Gasteiger partial charge in [-0.1, -0.05) is 6.07 Å². The Kier molecular flexibility index (Phi) is 3.34. The fourth-order valence-corrected chi connectivity index (χ4v) is 1.56. The molecular formula is C11H13FN4O. The number of nitrogens with one attached hydrogen (secondary N) is 2. The zero-order chi connectivity index (χ0) is 12.3. The minimum absolute atomic E-state index is 0.0532. The van der Waals surface area contributed by atoms with E-state index in [9.17, 15) is 9.50 Å². The van der Waals surface area contributed by atoms with Crippen LogP contribution in [0, 0.1) is 5.82 Å². The maximum atomic E-state index is 12.8. The summed E-state index contributed by atoms with van der Waals surface area (Å²) in [5, 5.41) is 19.2. The predicted molar refractivity (Wildman–Crippen MR) is 59.7 cm³/mol. The van der Waals surface area contributed by atoms with Crippen LogP contribution in [-0.4, -0.2) is 20.3 Å². The van der Waals surface area contributed by atoms with Crippen molar-refractivity contribution < 1.29 is 9.50 Å². The molecule has 0 aliphatic heterocycles. The summed E-state index contributed by atoms with van der Waals surface area (Å²) in [6, 6.07) is 3.87. The number of phenolic OH excluding ortho intramolecular Hbond substituents is 1. The van der Waals surface area contributed by atoms with Crippen LogP contribution in [-0.2, 0) is 6.54 Å². The lowest BCUT2D eigenvalue weighted by Crippen LogP contribution is -2.19. The van der Waals surface area contributed by atoms with E-state index < -0.39 is 5.82 Å². The van der Waals surface area contributed by atoms with E-state index in [-0.39, 0.29) is 11.8 Å². The molecule has 0 amide bonds. The van der Waals surface area contributed by atoms with Crippen molar-refractivity contribution in [2.45, 2.75) is 19.5 Å². The van der Waals surface area contributed by atoms with Crippen LogP contribution in [0.2, 0.25) is 0 Å². The van der Waals surface area contributed by atoms with Crippen LogP contribution in [0.4, 0.5) is 4.39 Å². The van der Waals surface area contributed by atoms with E-state index in [0.717, 1.165) is 6.07 Å². The summed E-state index contributed by atoms with van der Waals surface area (Å²) in [6.07, 6.45) is 1.43. The molecule has 2 rings (SSSR count). The summed E-state index contributed by atoms with van der Waals surface area (Å²) in [5.74, 6) is 0.203. The Bertz CT molecular complexity index is 486. The predicted octanol–water partition coefficient (Wildman–Crippen LogP) is 1.50. The third-order valence-corrected chi connectivity index (χ3v) is 2.50. The van der Waals surface area contributed by atoms with Crippen molar-refractivity contribution in [3.05, 3.63) is 41.7 Å². The van der Waals surface area contributed by atoms with Gasteiger partial charge in [-0.15, -0.1) is 0 Å². The average molecular weight is 236 g/mol. The molecule has 1 atom stereocenters. The fraction of sp³-hybridized carbons (Fsp3) is 0.273. The number of hydrogen-bond acceptors (Lipinski definition) is 4. The molecule has 17 heavy (non-hydrogen) atoms. The summed E-state index contributed by atoms with van der Waals surface area (Å²) in [7, 11) is 0. The van der Waals surface area contributed by atoms with Gasteiger partial charge in [0.15, 0.2) is 0 Å². The molecule has 1 heterocycles. The molecule has 1 aromatic heterocycles. The van der Waals surface area contributed by atoms with Crippen LogP contribution in [0.1, 0.15) is 24.4 Å². The van der Waals surface area contributed by atoms with Crippen LogP contribution in [0.25, 0.3) is 0 Å². The summed E-state index contributed by atoms with van der Waals surface area (Å²) in [6.45, 7) is 2.38. The Morgan fingerprint density at radius 2 is 2.35 bits per heavy atom. The highest BCUT2D eigenvalue weighted by Crippen LogP contribution is 2.24. The van der Waals surface area contributed by atoms with Gasteiger partial charge in [-0.05, 0) is 13.0 Å². The molecule has 90 valence electrons. The highest BCUT2D eigenvalue weighted by atomic mass is 19.1. The van der Waals surface area contributed by atoms with Crippen molar-refractivity contribution in [2.24, 2.45) is 0 Å². The third kappa shape index (κ3) is 2.79. The summed E-state index contributed by atoms with van der Waals surface area (Å²) in [5.41, 5.74) is 0.644. The van der Waals surface area contributed by atoms with Crippen molar-refractivity contribution in [2.75, 3.05) is 0 Å². The SMILES string of the molecule is CC(NCc1ncn[nH]1)c1ccc(F)cc1O. The van der Waals surface area contributed by atoms with Crippen LogP contribution in [0.15, 0.2) is 24.5 Å². The molecule has 0 spiro atoms. The molecular weight excluding hydrogens is 223 g/mol. The molecule has 2 aromatic rings. The van der Waals surface area contributed by atoms with Gasteiger partial charge in [0.05, 0.1) is 6.54 Å². The van der Waals surface area contributed by atoms with Gasteiger partial charge in [0.25, 0.3) is 0 Å². The quantitative estimate of drug-likeness (QED) is 0.752. The molecule has 0 radical (unpaired) electrons. The summed E-state index contributed by atoms with van der Waals surface area (Å²) >= 11 is 0. The standard InChI is InChI=1S/C11H13FN4O/c1-7(13-5-11-14-6-15-16-11)9-3-2-8(12)4-10(9)17/h2-4,6-7,13,17H,5H2,1H3,(H,14,15,16). The van der Waals surface area contributed by atoms with Gasteiger partial charge in [-0.2, -0.15) is 5.10 Å². The van der Waals surface area contributed by atoms with Crippen LogP contribution in [0.3, 0.4) is 0 Å². The molecule has 1 unspecified atom stereocenters. The van der Waals surface area contributed by atoms with Gasteiger partial charge in [-0.25, -0.2) is 9.37 Å². The van der Waals surface area contributed by atoms with Crippen molar-refractivity contribution in [3.63, 3.8) is 0 Å². The number of hydrogen-bond donors (Lipinski definition) is 3. The van der Waals surface area contributed by atoms with E-state index in [0.29, 0.717) is 17.9 Å². The molecule has 3 N–H and O–H groups in total. The van der Waals surface area contributed by atoms with Gasteiger partial charge >= 0.3 is 0 Å². The second kappa shape index (κ2) is 4.92. The molecule has 0 aliphatic carbocycles. The molecule has 0 aliphatic rings. The molecule has 0 fully saturated rings. The average Bonchev–Trinajstić information content (AvgIpc) is 2.78. The van der Waals surface area contributed by atoms with Gasteiger partial charge in [0.1, 0.15) is 23.7 Å². The molecule has 1 aromatic carbocycles. The van der Waals surface area contributed by atoms with E-state index in [1.54, 1.807) is 6.07 Å². The van der Waals surface area contributed by atoms with Crippen LogP contribution < -0.4 is 5.32 Å². The Morgan fingerprint density at radius 3 is 3.00 bits per heavy atom. The molecule has 0 saturated heterocycles. The second-order valence-corrected chi connectivity index (χ2v) is 3.74. The molecule has 0 bridgehead atoms. The minimum Gasteiger partial charge on any atom is -0.508 e. The number of aromatic amines is 1. The number of aromatic nitrogens is 3. The highest BCUT2D eigenvalue weighted by molar-refractivity contribution is 5.34. The zero-order valence-electron chi connectivity index (χ0n) is 9.31. The number of benzene rings is 1. The maximum Gasteiger partial charge on any atom is 0.138 e. The monoisotopic (exact) mass is 236 g/mol. The number of nitrogens with zero attached hydrogens (tertiary/aromatic N) is 2. The van der Waals surface area contributed by atoms with Crippen LogP contribution >= 0.6 is 0 Å². The van der Waals surface area contributed by atoms with Gasteiger partial charge in [-0.3, -0.25) is 5.10 Å². The van der Waals surface area contributed by atoms with Gasteiger partial charge in [0.2, 0.25) is 0 Å². The van der Waals surface area contributed by atoms with E-state index in [1.807, 2.05) is 6.92 Å². The van der Waals surface area contributed by atoms with Gasteiger partial charge in [0, 0.05) is 17.7 Å². The first-order chi connectivity index (χ1) is 8.16. The zero-order valence-corrected chi connectivity index (χ0v) is 9.31. The number of phenols is 1. The Morgan fingerprint density at radius 1 is 1.53 bits per heavy atom. The maximum absolute atomic E-state index is 12.8. The normalized spacial score (nSPS) is 12.6. The Labute approximate surface area is 97.7 Å². The summed E-state index contributed by atoms with van der Waals surface area (Å²) in [4.78, 5) is 3.97. The van der Waals surface area contributed by atoms with E-state index in [2.05, 4.69) is 20.5 Å². The van der Waals surface area contributed by atoms with E-state index in [4.69, 9.17) is 0 Å². The minimum atomic E-state index is -0.450. The first-order valence-corrected chi connectivity index (χ1v) is 5.23. The highest BCUT2D eigenvalue weighted by Gasteiger charge is 2.11. The number of rotatable bonds is 4.